The van der Waals surface area contributed by atoms with Gasteiger partial charge in [-0.2, -0.15) is 13.2 Å². The summed E-state index contributed by atoms with van der Waals surface area (Å²) >= 11 is 0. The number of carbonyl (C=O) groups is 3. The van der Waals surface area contributed by atoms with E-state index in [9.17, 15) is 32.7 Å². The molecule has 0 fully saturated rings. The van der Waals surface area contributed by atoms with Crippen molar-refractivity contribution in [1.82, 2.24) is 0 Å². The lowest BCUT2D eigenvalue weighted by Crippen LogP contribution is -2.50. The Kier molecular flexibility index (Phi) is 9.04. The molecule has 0 amide bonds. The molecule has 0 spiro atoms. The highest BCUT2D eigenvalue weighted by Crippen LogP contribution is 2.41. The number of hydrogen-bond acceptors (Lipinski definition) is 8. The van der Waals surface area contributed by atoms with Gasteiger partial charge in [0.1, 0.15) is 0 Å². The number of carbonyl (C=O) groups excluding carboxylic acids is 3. The van der Waals surface area contributed by atoms with Gasteiger partial charge in [-0.25, -0.2) is 14.4 Å². The molecular formula is C20H24F3NO7. The fourth-order valence-electron chi connectivity index (χ4n) is 2.45. The highest BCUT2D eigenvalue weighted by Gasteiger charge is 2.62. The van der Waals surface area contributed by atoms with Crippen LogP contribution < -0.4 is 5.32 Å². The van der Waals surface area contributed by atoms with Crippen molar-refractivity contribution in [2.45, 2.75) is 39.5 Å². The second-order valence-corrected chi connectivity index (χ2v) is 6.10. The van der Waals surface area contributed by atoms with Crippen LogP contribution in [0.5, 0.6) is 0 Å². The molecule has 11 heteroatoms. The minimum atomic E-state index is -5.33. The zero-order chi connectivity index (χ0) is 23.8. The predicted molar refractivity (Wildman–Crippen MR) is 103 cm³/mol. The Balaban J connectivity index is 3.31. The lowest BCUT2D eigenvalue weighted by atomic mass is 9.91. The second-order valence-electron chi connectivity index (χ2n) is 6.10. The molecule has 0 heterocycles. The Labute approximate surface area is 177 Å². The van der Waals surface area contributed by atoms with Crippen molar-refractivity contribution in [1.29, 1.82) is 0 Å². The maximum atomic E-state index is 13.5. The van der Waals surface area contributed by atoms with Gasteiger partial charge in [0.25, 0.3) is 5.60 Å². The van der Waals surface area contributed by atoms with E-state index in [1.54, 1.807) is 13.8 Å². The highest BCUT2D eigenvalue weighted by atomic mass is 19.4. The van der Waals surface area contributed by atoms with E-state index in [0.717, 1.165) is 24.4 Å². The first-order chi connectivity index (χ1) is 14.4. The molecule has 1 aromatic carbocycles. The van der Waals surface area contributed by atoms with Crippen LogP contribution in [0.15, 0.2) is 30.0 Å². The van der Waals surface area contributed by atoms with Gasteiger partial charge in [-0.05, 0) is 39.3 Å². The standard InChI is InChI=1S/C20H24F3NO7/c1-5-29-16(25)14(17(26)30-6-2)11-24-15-9-8-13(10-12(15)4)19(28,20(21,22)23)18(27)31-7-3/h8-11,24,28H,5-7H2,1-4H3/t19-/m0/s1. The molecule has 172 valence electrons. The van der Waals surface area contributed by atoms with E-state index in [2.05, 4.69) is 10.1 Å². The van der Waals surface area contributed by atoms with Crippen molar-refractivity contribution in [3.8, 4) is 0 Å². The third kappa shape index (κ3) is 5.97. The second kappa shape index (κ2) is 10.8. The van der Waals surface area contributed by atoms with Gasteiger partial charge < -0.3 is 24.6 Å². The van der Waals surface area contributed by atoms with Crippen LogP contribution in [0, 0.1) is 6.92 Å². The SMILES string of the molecule is CCOC(=O)C(=CNc1ccc([C@](O)(C(=O)OCC)C(F)(F)F)cc1C)C(=O)OCC. The number of halogens is 3. The van der Waals surface area contributed by atoms with Crippen molar-refractivity contribution in [2.75, 3.05) is 25.1 Å². The zero-order valence-corrected chi connectivity index (χ0v) is 17.5. The van der Waals surface area contributed by atoms with E-state index in [-0.39, 0.29) is 31.1 Å². The fraction of sp³-hybridized carbons (Fsp3) is 0.450. The molecule has 1 aromatic rings. The van der Waals surface area contributed by atoms with E-state index in [0.29, 0.717) is 0 Å². The number of benzene rings is 1. The van der Waals surface area contributed by atoms with E-state index < -0.39 is 40.8 Å². The van der Waals surface area contributed by atoms with Crippen LogP contribution in [0.2, 0.25) is 0 Å². The first-order valence-corrected chi connectivity index (χ1v) is 9.32. The summed E-state index contributed by atoms with van der Waals surface area (Å²) in [6.07, 6.45) is -4.33. The number of ether oxygens (including phenoxy) is 3. The monoisotopic (exact) mass is 447 g/mol. The number of anilines is 1. The van der Waals surface area contributed by atoms with Crippen molar-refractivity contribution >= 4 is 23.6 Å². The summed E-state index contributed by atoms with van der Waals surface area (Å²) in [6, 6.07) is 2.96. The quantitative estimate of drug-likeness (QED) is 0.195. The van der Waals surface area contributed by atoms with Gasteiger partial charge in [-0.1, -0.05) is 12.1 Å². The largest absolute Gasteiger partial charge is 0.463 e. The summed E-state index contributed by atoms with van der Waals surface area (Å²) in [6.45, 7) is 5.45. The van der Waals surface area contributed by atoms with Crippen LogP contribution >= 0.6 is 0 Å². The lowest BCUT2D eigenvalue weighted by molar-refractivity contribution is -0.267. The lowest BCUT2D eigenvalue weighted by Gasteiger charge is -2.29. The number of hydrogen-bond donors (Lipinski definition) is 2. The number of aryl methyl sites for hydroxylation is 1. The van der Waals surface area contributed by atoms with Gasteiger partial charge in [0, 0.05) is 17.5 Å². The maximum absolute atomic E-state index is 13.5. The van der Waals surface area contributed by atoms with Crippen molar-refractivity contribution in [3.63, 3.8) is 0 Å². The summed E-state index contributed by atoms with van der Waals surface area (Å²) in [7, 11) is 0. The van der Waals surface area contributed by atoms with E-state index in [1.165, 1.54) is 13.8 Å². The molecule has 0 aliphatic heterocycles. The maximum Gasteiger partial charge on any atom is 0.432 e. The predicted octanol–water partition coefficient (Wildman–Crippen LogP) is 2.73. The molecule has 0 saturated heterocycles. The summed E-state index contributed by atoms with van der Waals surface area (Å²) in [5, 5.41) is 12.8. The molecule has 0 aliphatic rings. The summed E-state index contributed by atoms with van der Waals surface area (Å²) in [5.41, 5.74) is -4.69. The Morgan fingerprint density at radius 2 is 1.52 bits per heavy atom. The van der Waals surface area contributed by atoms with Gasteiger partial charge in [0.15, 0.2) is 5.57 Å². The molecule has 0 bridgehead atoms. The van der Waals surface area contributed by atoms with Crippen LogP contribution in [0.1, 0.15) is 31.9 Å². The Hall–Kier alpha value is -3.08. The van der Waals surface area contributed by atoms with E-state index >= 15 is 0 Å². The van der Waals surface area contributed by atoms with Gasteiger partial charge in [-0.3, -0.25) is 0 Å². The fourth-order valence-corrected chi connectivity index (χ4v) is 2.45. The third-order valence-electron chi connectivity index (χ3n) is 3.99. The summed E-state index contributed by atoms with van der Waals surface area (Å²) < 4.78 is 54.4. The molecule has 0 aromatic heterocycles. The Morgan fingerprint density at radius 1 is 1.00 bits per heavy atom. The Morgan fingerprint density at radius 3 is 1.94 bits per heavy atom. The first-order valence-electron chi connectivity index (χ1n) is 9.32. The van der Waals surface area contributed by atoms with Gasteiger partial charge >= 0.3 is 24.1 Å². The first kappa shape index (κ1) is 26.0. The third-order valence-corrected chi connectivity index (χ3v) is 3.99. The van der Waals surface area contributed by atoms with Gasteiger partial charge in [0.05, 0.1) is 19.8 Å². The smallest absolute Gasteiger partial charge is 0.432 e. The van der Waals surface area contributed by atoms with E-state index in [1.807, 2.05) is 0 Å². The van der Waals surface area contributed by atoms with Crippen molar-refractivity contribution < 1.29 is 46.9 Å². The minimum Gasteiger partial charge on any atom is -0.463 e. The highest BCUT2D eigenvalue weighted by molar-refractivity contribution is 6.14. The number of rotatable bonds is 9. The molecule has 31 heavy (non-hydrogen) atoms. The number of esters is 3. The molecule has 1 rings (SSSR count). The molecule has 0 unspecified atom stereocenters. The van der Waals surface area contributed by atoms with Gasteiger partial charge in [0.2, 0.25) is 0 Å². The van der Waals surface area contributed by atoms with Crippen LogP contribution in [0.25, 0.3) is 0 Å². The minimum absolute atomic E-state index is 0.00713. The van der Waals surface area contributed by atoms with Crippen molar-refractivity contribution in [3.05, 3.63) is 41.1 Å². The summed E-state index contributed by atoms with van der Waals surface area (Å²) in [4.78, 5) is 35.8. The molecule has 0 aliphatic carbocycles. The molecule has 8 nitrogen and oxygen atoms in total. The van der Waals surface area contributed by atoms with E-state index in [4.69, 9.17) is 9.47 Å². The summed E-state index contributed by atoms with van der Waals surface area (Å²) in [5.74, 6) is -3.75. The van der Waals surface area contributed by atoms with Gasteiger partial charge in [-0.15, -0.1) is 0 Å². The van der Waals surface area contributed by atoms with Crippen molar-refractivity contribution in [2.24, 2.45) is 0 Å². The molecule has 2 N–H and O–H groups in total. The number of alkyl halides is 3. The molecule has 1 atom stereocenters. The molecule has 0 saturated carbocycles. The number of nitrogens with one attached hydrogen (secondary N) is 1. The molecule has 0 radical (unpaired) electrons. The topological polar surface area (TPSA) is 111 Å². The van der Waals surface area contributed by atoms with Crippen LogP contribution in [0.4, 0.5) is 18.9 Å². The number of aliphatic hydroxyl groups is 1. The average Bonchev–Trinajstić information content (AvgIpc) is 2.68. The Bertz CT molecular complexity index is 832. The molecular weight excluding hydrogens is 423 g/mol. The van der Waals surface area contributed by atoms with Crippen LogP contribution in [-0.2, 0) is 34.2 Å². The average molecular weight is 447 g/mol. The normalized spacial score (nSPS) is 12.9. The van der Waals surface area contributed by atoms with Crippen LogP contribution in [0.3, 0.4) is 0 Å². The zero-order valence-electron chi connectivity index (χ0n) is 17.5. The van der Waals surface area contributed by atoms with Crippen LogP contribution in [-0.4, -0.2) is 49.0 Å².